The third-order valence-electron chi connectivity index (χ3n) is 8.06. The normalized spacial score (nSPS) is 14.4. The van der Waals surface area contributed by atoms with Crippen molar-refractivity contribution in [1.29, 1.82) is 0 Å². The molecule has 9 aromatic rings. The van der Waals surface area contributed by atoms with Crippen molar-refractivity contribution in [2.75, 3.05) is 0 Å². The van der Waals surface area contributed by atoms with Crippen molar-refractivity contribution >= 4 is 32.7 Å². The maximum Gasteiger partial charge on any atom is 0.164 e. The number of hydrogen-bond donors (Lipinski definition) is 0. The van der Waals surface area contributed by atoms with E-state index in [-0.39, 0.29) is 27.8 Å². The van der Waals surface area contributed by atoms with Crippen LogP contribution in [0.5, 0.6) is 0 Å². The third-order valence-corrected chi connectivity index (χ3v) is 8.06. The highest BCUT2D eigenvalue weighted by Crippen LogP contribution is 2.40. The van der Waals surface area contributed by atoms with E-state index in [4.69, 9.17) is 33.1 Å². The Morgan fingerprint density at radius 2 is 1.04 bits per heavy atom. The molecule has 0 spiro atoms. The van der Waals surface area contributed by atoms with Gasteiger partial charge in [-0.3, -0.25) is 0 Å². The highest BCUT2D eigenvalue weighted by atomic mass is 16.3. The van der Waals surface area contributed by atoms with E-state index in [2.05, 4.69) is 0 Å². The third kappa shape index (κ3) is 4.93. The number of rotatable bonds is 5. The minimum Gasteiger partial charge on any atom is -0.455 e. The average molecular weight is 612 g/mol. The first-order valence-corrected chi connectivity index (χ1v) is 14.9. The maximum atomic E-state index is 8.82. The van der Waals surface area contributed by atoms with Gasteiger partial charge in [-0.15, -0.1) is 0 Å². The predicted octanol–water partition coefficient (Wildman–Crippen LogP) is 11.3. The Hall–Kier alpha value is -6.39. The highest BCUT2D eigenvalue weighted by Gasteiger charge is 2.18. The van der Waals surface area contributed by atoms with Crippen LogP contribution in [0, 0.1) is 0 Å². The van der Waals surface area contributed by atoms with Crippen LogP contribution in [0.2, 0.25) is 0 Å². The molecule has 0 fully saturated rings. The number of benzene rings is 7. The minimum atomic E-state index is -0.573. The summed E-state index contributed by atoms with van der Waals surface area (Å²) in [6.07, 6.45) is 0. The van der Waals surface area contributed by atoms with Gasteiger partial charge in [-0.25, -0.2) is 15.0 Å². The van der Waals surface area contributed by atoms with Crippen LogP contribution in [0.1, 0.15) is 13.7 Å². The lowest BCUT2D eigenvalue weighted by Crippen LogP contribution is -2.00. The van der Waals surface area contributed by atoms with Crippen LogP contribution >= 0.6 is 0 Å². The van der Waals surface area contributed by atoms with E-state index in [1.165, 1.54) is 6.07 Å². The molecule has 0 unspecified atom stereocenters. The van der Waals surface area contributed by atoms with E-state index in [0.717, 1.165) is 21.9 Å². The van der Waals surface area contributed by atoms with Crippen LogP contribution in [0.4, 0.5) is 0 Å². The summed E-state index contributed by atoms with van der Waals surface area (Å²) >= 11 is 0. The van der Waals surface area contributed by atoms with Crippen LogP contribution in [0.15, 0.2) is 168 Å². The van der Waals surface area contributed by atoms with E-state index < -0.39 is 60.4 Å². The molecule has 0 aliphatic carbocycles. The molecule has 47 heavy (non-hydrogen) atoms. The standard InChI is InChI=1S/C43H27N3O/c1-4-12-28(13-5-1)35-25-37(30-15-6-2-7-16-30)40-38(26-35)36-23-22-34(27-39(36)47-40)43-45-41(31-17-8-3-9-18-31)44-42(46-43)33-21-20-29-14-10-11-19-32(29)24-33/h1-27H/i1D,2D,4D,5D,6D,7D,12D,13D,15D,16D. The summed E-state index contributed by atoms with van der Waals surface area (Å²) in [5.74, 6) is 1.28. The van der Waals surface area contributed by atoms with E-state index in [1.807, 2.05) is 78.9 Å². The van der Waals surface area contributed by atoms with E-state index in [0.29, 0.717) is 39.4 Å². The Balaban J connectivity index is 1.30. The summed E-state index contributed by atoms with van der Waals surface area (Å²) in [5.41, 5.74) is 2.69. The number of aromatic nitrogens is 3. The number of nitrogens with zero attached hydrogens (tertiary/aromatic N) is 3. The van der Waals surface area contributed by atoms with Crippen molar-refractivity contribution in [2.45, 2.75) is 0 Å². The average Bonchev–Trinajstić information content (AvgIpc) is 3.61. The van der Waals surface area contributed by atoms with Crippen molar-refractivity contribution in [2.24, 2.45) is 0 Å². The van der Waals surface area contributed by atoms with Gasteiger partial charge < -0.3 is 4.42 Å². The lowest BCUT2D eigenvalue weighted by atomic mass is 9.95. The molecular formula is C43H27N3O. The molecule has 2 heterocycles. The molecule has 7 aromatic carbocycles. The van der Waals surface area contributed by atoms with Crippen molar-refractivity contribution in [3.05, 3.63) is 164 Å². The van der Waals surface area contributed by atoms with Gasteiger partial charge in [-0.1, -0.05) is 133 Å². The van der Waals surface area contributed by atoms with Gasteiger partial charge in [0.15, 0.2) is 17.5 Å². The lowest BCUT2D eigenvalue weighted by Gasteiger charge is -2.09. The molecule has 0 aliphatic heterocycles. The van der Waals surface area contributed by atoms with Gasteiger partial charge in [0.2, 0.25) is 0 Å². The van der Waals surface area contributed by atoms with Gasteiger partial charge >= 0.3 is 0 Å². The molecule has 0 saturated carbocycles. The molecule has 0 amide bonds. The molecular weight excluding hydrogens is 574 g/mol. The second-order valence-electron chi connectivity index (χ2n) is 10.9. The molecule has 4 heteroatoms. The Bertz CT molecular complexity index is 3090. The van der Waals surface area contributed by atoms with Crippen LogP contribution in [-0.2, 0) is 0 Å². The van der Waals surface area contributed by atoms with Crippen LogP contribution in [0.3, 0.4) is 0 Å². The van der Waals surface area contributed by atoms with Gasteiger partial charge in [0.25, 0.3) is 0 Å². The van der Waals surface area contributed by atoms with Gasteiger partial charge in [0, 0.05) is 33.0 Å². The first-order valence-electron chi connectivity index (χ1n) is 19.9. The lowest BCUT2D eigenvalue weighted by molar-refractivity contribution is 0.670. The van der Waals surface area contributed by atoms with E-state index >= 15 is 0 Å². The summed E-state index contributed by atoms with van der Waals surface area (Å²) in [4.78, 5) is 14.6. The van der Waals surface area contributed by atoms with E-state index in [9.17, 15) is 0 Å². The molecule has 9 rings (SSSR count). The summed E-state index contributed by atoms with van der Waals surface area (Å²) < 4.78 is 91.3. The molecule has 0 N–H and O–H groups in total. The predicted molar refractivity (Wildman–Crippen MR) is 192 cm³/mol. The van der Waals surface area contributed by atoms with Gasteiger partial charge in [-0.05, 0) is 57.8 Å². The zero-order valence-electron chi connectivity index (χ0n) is 34.6. The summed E-state index contributed by atoms with van der Waals surface area (Å²) in [7, 11) is 0. The van der Waals surface area contributed by atoms with Crippen LogP contribution in [0.25, 0.3) is 89.1 Å². The molecule has 0 atom stereocenters. The molecule has 0 bridgehead atoms. The number of furan rings is 1. The second kappa shape index (κ2) is 11.2. The Kier molecular flexibility index (Phi) is 4.42. The zero-order chi connectivity index (χ0) is 39.9. The first kappa shape index (κ1) is 18.5. The van der Waals surface area contributed by atoms with Crippen molar-refractivity contribution in [3.63, 3.8) is 0 Å². The van der Waals surface area contributed by atoms with Crippen molar-refractivity contribution in [3.8, 4) is 56.4 Å². The largest absolute Gasteiger partial charge is 0.455 e. The summed E-state index contributed by atoms with van der Waals surface area (Å²) in [6, 6.07) is 26.8. The quantitative estimate of drug-likeness (QED) is 0.194. The van der Waals surface area contributed by atoms with Crippen molar-refractivity contribution < 1.29 is 18.1 Å². The van der Waals surface area contributed by atoms with E-state index in [1.54, 1.807) is 18.2 Å². The molecule has 2 aromatic heterocycles. The molecule has 220 valence electrons. The topological polar surface area (TPSA) is 51.8 Å². The second-order valence-corrected chi connectivity index (χ2v) is 10.9. The fourth-order valence-electron chi connectivity index (χ4n) is 5.81. The fraction of sp³-hybridized carbons (Fsp3) is 0. The maximum absolute atomic E-state index is 8.82. The minimum absolute atomic E-state index is 0.0918. The van der Waals surface area contributed by atoms with Gasteiger partial charge in [0.1, 0.15) is 11.2 Å². The monoisotopic (exact) mass is 611 g/mol. The summed E-state index contributed by atoms with van der Waals surface area (Å²) in [5, 5.41) is 3.09. The Morgan fingerprint density at radius 1 is 0.426 bits per heavy atom. The fourth-order valence-corrected chi connectivity index (χ4v) is 5.81. The Morgan fingerprint density at radius 3 is 1.79 bits per heavy atom. The van der Waals surface area contributed by atoms with Crippen molar-refractivity contribution in [1.82, 2.24) is 15.0 Å². The molecule has 0 radical (unpaired) electrons. The SMILES string of the molecule is [2H]c1c([2H])c([2H])c(-c2cc(-c3c([2H])c([2H])c([2H])c([2H])c3[2H])c3oc4cc(-c5nc(-c6ccccc6)nc(-c6ccc7ccccc7c6)n5)ccc4c3c2)c([2H])c1[2H]. The first-order chi connectivity index (χ1) is 27.4. The number of hydrogen-bond acceptors (Lipinski definition) is 4. The molecule has 0 aliphatic rings. The molecule has 0 saturated heterocycles. The Labute approximate surface area is 285 Å². The smallest absolute Gasteiger partial charge is 0.164 e. The van der Waals surface area contributed by atoms with Crippen LogP contribution in [-0.4, -0.2) is 15.0 Å². The highest BCUT2D eigenvalue weighted by molar-refractivity contribution is 6.12. The van der Waals surface area contributed by atoms with Crippen LogP contribution < -0.4 is 0 Å². The van der Waals surface area contributed by atoms with Gasteiger partial charge in [0.05, 0.1) is 13.7 Å². The summed E-state index contributed by atoms with van der Waals surface area (Å²) in [6.45, 7) is 0. The number of fused-ring (bicyclic) bond motifs is 4. The zero-order valence-corrected chi connectivity index (χ0v) is 24.6. The molecule has 4 nitrogen and oxygen atoms in total. The van der Waals surface area contributed by atoms with Gasteiger partial charge in [-0.2, -0.15) is 0 Å².